The second-order valence-electron chi connectivity index (χ2n) is 5.53. The molecule has 0 radical (unpaired) electrons. The first-order chi connectivity index (χ1) is 7.86. The van der Waals surface area contributed by atoms with E-state index < -0.39 is 0 Å². The Bertz CT molecular complexity index is 256. The first kappa shape index (κ1) is 11.9. The predicted octanol–water partition coefficient (Wildman–Crippen LogP) is 3.98. The van der Waals surface area contributed by atoms with Crippen LogP contribution in [-0.4, -0.2) is 6.29 Å². The van der Waals surface area contributed by atoms with E-state index in [2.05, 4.69) is 19.1 Å². The predicted molar refractivity (Wildman–Crippen MR) is 67.2 cm³/mol. The molecule has 4 atom stereocenters. The van der Waals surface area contributed by atoms with Gasteiger partial charge in [0.15, 0.2) is 0 Å². The molecule has 0 aromatic carbocycles. The van der Waals surface area contributed by atoms with Gasteiger partial charge in [-0.2, -0.15) is 0 Å². The number of unbranched alkanes of at least 4 members (excludes halogenated alkanes) is 4. The van der Waals surface area contributed by atoms with E-state index in [0.717, 1.165) is 5.92 Å². The molecule has 2 bridgehead atoms. The summed E-state index contributed by atoms with van der Waals surface area (Å²) < 4.78 is 0. The minimum absolute atomic E-state index is 0.348. The maximum Gasteiger partial charge on any atom is 0.123 e. The summed E-state index contributed by atoms with van der Waals surface area (Å²) in [5.74, 6) is 2.34. The van der Waals surface area contributed by atoms with E-state index in [-0.39, 0.29) is 0 Å². The van der Waals surface area contributed by atoms with Crippen molar-refractivity contribution in [2.24, 2.45) is 23.7 Å². The van der Waals surface area contributed by atoms with Gasteiger partial charge in [-0.15, -0.1) is 0 Å². The number of carbonyl (C=O) groups excluding carboxylic acids is 1. The van der Waals surface area contributed by atoms with Gasteiger partial charge in [-0.3, -0.25) is 0 Å². The molecule has 90 valence electrons. The number of hydrogen-bond donors (Lipinski definition) is 0. The Hall–Kier alpha value is -0.590. The van der Waals surface area contributed by atoms with Crippen LogP contribution < -0.4 is 0 Å². The summed E-state index contributed by atoms with van der Waals surface area (Å²) in [5.41, 5.74) is 0. The molecule has 0 saturated heterocycles. The molecule has 0 heterocycles. The quantitative estimate of drug-likeness (QED) is 0.360. The molecule has 2 aliphatic rings. The minimum Gasteiger partial charge on any atom is -0.303 e. The van der Waals surface area contributed by atoms with Crippen molar-refractivity contribution in [1.82, 2.24) is 0 Å². The third-order valence-electron chi connectivity index (χ3n) is 4.49. The van der Waals surface area contributed by atoms with E-state index >= 15 is 0 Å². The smallest absolute Gasteiger partial charge is 0.123 e. The van der Waals surface area contributed by atoms with Crippen molar-refractivity contribution < 1.29 is 4.79 Å². The normalized spacial score (nSPS) is 35.8. The first-order valence-electron chi connectivity index (χ1n) is 7.00. The molecule has 0 unspecified atom stereocenters. The van der Waals surface area contributed by atoms with E-state index in [1.807, 2.05) is 0 Å². The van der Waals surface area contributed by atoms with E-state index in [0.29, 0.717) is 17.8 Å². The Morgan fingerprint density at radius 3 is 2.62 bits per heavy atom. The molecule has 0 aliphatic heterocycles. The fourth-order valence-electron chi connectivity index (χ4n) is 3.55. The van der Waals surface area contributed by atoms with E-state index in [1.54, 1.807) is 0 Å². The fraction of sp³-hybridized carbons (Fsp3) is 0.800. The summed E-state index contributed by atoms with van der Waals surface area (Å²) in [6, 6.07) is 0. The highest BCUT2D eigenvalue weighted by Gasteiger charge is 2.43. The van der Waals surface area contributed by atoms with Gasteiger partial charge in [-0.05, 0) is 30.6 Å². The Morgan fingerprint density at radius 1 is 1.12 bits per heavy atom. The lowest BCUT2D eigenvalue weighted by atomic mass is 9.81. The number of hydrogen-bond acceptors (Lipinski definition) is 1. The summed E-state index contributed by atoms with van der Waals surface area (Å²) in [4.78, 5) is 11.1. The average molecular weight is 220 g/mol. The van der Waals surface area contributed by atoms with Crippen LogP contribution in [0.5, 0.6) is 0 Å². The van der Waals surface area contributed by atoms with Crippen molar-refractivity contribution in [1.29, 1.82) is 0 Å². The summed E-state index contributed by atoms with van der Waals surface area (Å²) in [5, 5.41) is 0. The van der Waals surface area contributed by atoms with Gasteiger partial charge in [0.2, 0.25) is 0 Å². The average Bonchev–Trinajstić information content (AvgIpc) is 2.88. The molecule has 0 amide bonds. The Morgan fingerprint density at radius 2 is 1.88 bits per heavy atom. The fourth-order valence-corrected chi connectivity index (χ4v) is 3.55. The molecule has 2 aliphatic carbocycles. The number of fused-ring (bicyclic) bond motifs is 2. The molecular formula is C15H24O. The van der Waals surface area contributed by atoms with Crippen LogP contribution >= 0.6 is 0 Å². The van der Waals surface area contributed by atoms with Gasteiger partial charge >= 0.3 is 0 Å². The van der Waals surface area contributed by atoms with Gasteiger partial charge in [-0.25, -0.2) is 0 Å². The van der Waals surface area contributed by atoms with Crippen LogP contribution in [0, 0.1) is 23.7 Å². The molecule has 0 aromatic heterocycles. The molecule has 0 N–H and O–H groups in total. The van der Waals surface area contributed by atoms with Crippen molar-refractivity contribution in [3.05, 3.63) is 12.2 Å². The van der Waals surface area contributed by atoms with Crippen LogP contribution in [0.4, 0.5) is 0 Å². The summed E-state index contributed by atoms with van der Waals surface area (Å²) >= 11 is 0. The lowest BCUT2D eigenvalue weighted by molar-refractivity contribution is -0.113. The molecule has 2 rings (SSSR count). The number of aldehydes is 1. The largest absolute Gasteiger partial charge is 0.303 e. The minimum atomic E-state index is 0.348. The third-order valence-corrected chi connectivity index (χ3v) is 4.49. The van der Waals surface area contributed by atoms with Gasteiger partial charge in [0.25, 0.3) is 0 Å². The standard InChI is InChI=1S/C15H24O/c1-2-3-4-5-6-7-14-12-8-9-13(10-12)15(14)11-16/h8-9,11-15H,2-7,10H2,1H3/t12-,13+,14+,15+/m1/s1. The molecular weight excluding hydrogens is 196 g/mol. The zero-order valence-corrected chi connectivity index (χ0v) is 10.4. The van der Waals surface area contributed by atoms with Gasteiger partial charge in [0.05, 0.1) is 0 Å². The second kappa shape index (κ2) is 5.65. The van der Waals surface area contributed by atoms with Crippen molar-refractivity contribution in [2.45, 2.75) is 51.9 Å². The van der Waals surface area contributed by atoms with Crippen LogP contribution in [0.1, 0.15) is 51.9 Å². The lowest BCUT2D eigenvalue weighted by Crippen LogP contribution is -2.20. The van der Waals surface area contributed by atoms with Crippen molar-refractivity contribution in [3.63, 3.8) is 0 Å². The van der Waals surface area contributed by atoms with E-state index in [9.17, 15) is 4.79 Å². The highest BCUT2D eigenvalue weighted by Crippen LogP contribution is 2.48. The third kappa shape index (κ3) is 2.39. The number of carbonyl (C=O) groups is 1. The molecule has 16 heavy (non-hydrogen) atoms. The maximum atomic E-state index is 11.1. The van der Waals surface area contributed by atoms with Gasteiger partial charge < -0.3 is 4.79 Å². The van der Waals surface area contributed by atoms with Crippen LogP contribution in [0.25, 0.3) is 0 Å². The summed E-state index contributed by atoms with van der Waals surface area (Å²) in [7, 11) is 0. The highest BCUT2D eigenvalue weighted by atomic mass is 16.1. The van der Waals surface area contributed by atoms with Crippen molar-refractivity contribution >= 4 is 6.29 Å². The SMILES string of the molecule is CCCCCCC[C@@H]1[C@@H](C=O)[C@H]2C=C[C@@H]1C2. The molecule has 1 heteroatoms. The van der Waals surface area contributed by atoms with Crippen molar-refractivity contribution in [3.8, 4) is 0 Å². The topological polar surface area (TPSA) is 17.1 Å². The van der Waals surface area contributed by atoms with Crippen LogP contribution in [0.2, 0.25) is 0 Å². The van der Waals surface area contributed by atoms with Gasteiger partial charge in [0, 0.05) is 5.92 Å². The Labute approximate surface area is 99.3 Å². The molecule has 1 saturated carbocycles. The summed E-state index contributed by atoms with van der Waals surface area (Å²) in [6.45, 7) is 2.25. The molecule has 0 spiro atoms. The first-order valence-corrected chi connectivity index (χ1v) is 7.00. The van der Waals surface area contributed by atoms with Crippen LogP contribution in [-0.2, 0) is 4.79 Å². The van der Waals surface area contributed by atoms with Crippen LogP contribution in [0.15, 0.2) is 12.2 Å². The maximum absolute atomic E-state index is 11.1. The van der Waals surface area contributed by atoms with Crippen molar-refractivity contribution in [2.75, 3.05) is 0 Å². The zero-order chi connectivity index (χ0) is 11.4. The van der Waals surface area contributed by atoms with E-state index in [1.165, 1.54) is 51.2 Å². The Kier molecular flexibility index (Phi) is 4.20. The lowest BCUT2D eigenvalue weighted by Gasteiger charge is -2.23. The summed E-state index contributed by atoms with van der Waals surface area (Å²) in [6.07, 6.45) is 15.1. The zero-order valence-electron chi connectivity index (χ0n) is 10.4. The molecule has 1 nitrogen and oxygen atoms in total. The molecule has 0 aromatic rings. The van der Waals surface area contributed by atoms with E-state index in [4.69, 9.17) is 0 Å². The number of rotatable bonds is 7. The van der Waals surface area contributed by atoms with Gasteiger partial charge in [0.1, 0.15) is 6.29 Å². The number of allylic oxidation sites excluding steroid dienone is 2. The van der Waals surface area contributed by atoms with Crippen LogP contribution in [0.3, 0.4) is 0 Å². The Balaban J connectivity index is 1.72. The molecule has 1 fully saturated rings. The highest BCUT2D eigenvalue weighted by molar-refractivity contribution is 5.57. The van der Waals surface area contributed by atoms with Gasteiger partial charge in [-0.1, -0.05) is 51.2 Å². The monoisotopic (exact) mass is 220 g/mol. The second-order valence-corrected chi connectivity index (χ2v) is 5.53.